The molecule has 112 valence electrons. The van der Waals surface area contributed by atoms with Crippen LogP contribution in [0.25, 0.3) is 0 Å². The molecule has 1 fully saturated rings. The minimum absolute atomic E-state index is 0.145. The van der Waals surface area contributed by atoms with Crippen molar-refractivity contribution in [3.05, 3.63) is 29.6 Å². The number of hydrogen-bond acceptors (Lipinski definition) is 4. The number of nitrogens with two attached hydrogens (primary N) is 1. The molecule has 1 aliphatic rings. The van der Waals surface area contributed by atoms with Crippen LogP contribution >= 0.6 is 0 Å². The second-order valence-electron chi connectivity index (χ2n) is 5.32. The molecule has 2 unspecified atom stereocenters. The molecule has 2 rings (SSSR count). The summed E-state index contributed by atoms with van der Waals surface area (Å²) in [5.74, 6) is 0.0410. The van der Waals surface area contributed by atoms with Crippen molar-refractivity contribution in [1.29, 1.82) is 0 Å². The number of rotatable bonds is 4. The van der Waals surface area contributed by atoms with Crippen molar-refractivity contribution in [3.8, 4) is 5.75 Å². The third-order valence-electron chi connectivity index (χ3n) is 3.73. The van der Waals surface area contributed by atoms with E-state index in [9.17, 15) is 12.8 Å². The Morgan fingerprint density at radius 3 is 2.75 bits per heavy atom. The quantitative estimate of drug-likeness (QED) is 0.923. The van der Waals surface area contributed by atoms with Crippen LogP contribution in [0.4, 0.5) is 4.39 Å². The highest BCUT2D eigenvalue weighted by atomic mass is 32.2. The van der Waals surface area contributed by atoms with Crippen LogP contribution in [0.3, 0.4) is 0 Å². The summed E-state index contributed by atoms with van der Waals surface area (Å²) in [6.07, 6.45) is 3.85. The molecule has 1 aromatic carbocycles. The zero-order valence-electron chi connectivity index (χ0n) is 11.5. The predicted molar refractivity (Wildman–Crippen MR) is 75.8 cm³/mol. The van der Waals surface area contributed by atoms with Crippen LogP contribution in [0.5, 0.6) is 5.75 Å². The van der Waals surface area contributed by atoms with E-state index in [0.29, 0.717) is 24.2 Å². The van der Waals surface area contributed by atoms with Gasteiger partial charge in [0.25, 0.3) is 0 Å². The first kappa shape index (κ1) is 15.3. The van der Waals surface area contributed by atoms with Crippen molar-refractivity contribution in [3.63, 3.8) is 0 Å². The molecule has 4 nitrogen and oxygen atoms in total. The third kappa shape index (κ3) is 3.70. The van der Waals surface area contributed by atoms with Gasteiger partial charge in [-0.1, -0.05) is 6.07 Å². The lowest BCUT2D eigenvalue weighted by Crippen LogP contribution is -2.33. The lowest BCUT2D eigenvalue weighted by Gasteiger charge is -2.28. The summed E-state index contributed by atoms with van der Waals surface area (Å²) in [5, 5.41) is -0.352. The summed E-state index contributed by atoms with van der Waals surface area (Å²) in [6, 6.07) is 4.59. The normalized spacial score (nSPS) is 23.6. The second kappa shape index (κ2) is 6.10. The van der Waals surface area contributed by atoms with Gasteiger partial charge in [0.05, 0.1) is 11.4 Å². The minimum Gasteiger partial charge on any atom is -0.490 e. The summed E-state index contributed by atoms with van der Waals surface area (Å²) in [6.45, 7) is 0.145. The highest BCUT2D eigenvalue weighted by Gasteiger charge is 2.30. The Hall–Kier alpha value is -1.14. The van der Waals surface area contributed by atoms with Gasteiger partial charge in [0.15, 0.2) is 0 Å². The number of sulfone groups is 1. The van der Waals surface area contributed by atoms with E-state index in [1.807, 2.05) is 0 Å². The molecule has 1 saturated carbocycles. The zero-order valence-corrected chi connectivity index (χ0v) is 12.3. The molecule has 2 atom stereocenters. The Bertz CT molecular complexity index is 574. The van der Waals surface area contributed by atoms with E-state index in [1.54, 1.807) is 12.1 Å². The number of halogens is 1. The Kier molecular flexibility index (Phi) is 4.65. The second-order valence-corrected chi connectivity index (χ2v) is 7.64. The number of hydrogen-bond donors (Lipinski definition) is 1. The zero-order chi connectivity index (χ0) is 14.8. The van der Waals surface area contributed by atoms with Crippen molar-refractivity contribution in [1.82, 2.24) is 0 Å². The Morgan fingerprint density at radius 2 is 2.15 bits per heavy atom. The Labute approximate surface area is 119 Å². The van der Waals surface area contributed by atoms with Gasteiger partial charge in [0.2, 0.25) is 0 Å². The SMILES string of the molecule is CS(=O)(=O)C1CCCC(Oc2ccc(CN)c(F)c2)C1. The first-order valence-corrected chi connectivity index (χ1v) is 8.69. The van der Waals surface area contributed by atoms with Gasteiger partial charge in [0, 0.05) is 30.9 Å². The molecular formula is C14H20FNO3S. The monoisotopic (exact) mass is 301 g/mol. The van der Waals surface area contributed by atoms with Crippen LogP contribution in [-0.4, -0.2) is 26.0 Å². The first-order valence-electron chi connectivity index (χ1n) is 6.74. The molecule has 0 aliphatic heterocycles. The molecule has 0 amide bonds. The van der Waals surface area contributed by atoms with E-state index < -0.39 is 9.84 Å². The molecule has 0 bridgehead atoms. The standard InChI is InChI=1S/C14H20FNO3S/c1-20(17,18)13-4-2-3-11(7-13)19-12-6-5-10(9-16)14(15)8-12/h5-6,8,11,13H,2-4,7,9,16H2,1H3. The van der Waals surface area contributed by atoms with Crippen LogP contribution in [0.15, 0.2) is 18.2 Å². The smallest absolute Gasteiger partial charge is 0.150 e. The highest BCUT2D eigenvalue weighted by Crippen LogP contribution is 2.28. The van der Waals surface area contributed by atoms with Gasteiger partial charge in [-0.15, -0.1) is 0 Å². The topological polar surface area (TPSA) is 69.4 Å². The average molecular weight is 301 g/mol. The fourth-order valence-electron chi connectivity index (χ4n) is 2.56. The van der Waals surface area contributed by atoms with E-state index in [4.69, 9.17) is 10.5 Å². The maximum Gasteiger partial charge on any atom is 0.150 e. The molecule has 20 heavy (non-hydrogen) atoms. The van der Waals surface area contributed by atoms with Crippen molar-refractivity contribution in [2.24, 2.45) is 5.73 Å². The molecule has 6 heteroatoms. The summed E-state index contributed by atoms with van der Waals surface area (Å²) < 4.78 is 42.5. The van der Waals surface area contributed by atoms with E-state index in [2.05, 4.69) is 0 Å². The molecule has 0 spiro atoms. The van der Waals surface area contributed by atoms with E-state index in [-0.39, 0.29) is 23.7 Å². The molecule has 0 radical (unpaired) electrons. The van der Waals surface area contributed by atoms with Crippen LogP contribution in [0, 0.1) is 5.82 Å². The number of benzene rings is 1. The Morgan fingerprint density at radius 1 is 1.40 bits per heavy atom. The summed E-state index contributed by atoms with van der Waals surface area (Å²) in [7, 11) is -3.04. The van der Waals surface area contributed by atoms with Crippen molar-refractivity contribution >= 4 is 9.84 Å². The van der Waals surface area contributed by atoms with Gasteiger partial charge in [-0.05, 0) is 25.3 Å². The average Bonchev–Trinajstić information content (AvgIpc) is 2.38. The van der Waals surface area contributed by atoms with Crippen LogP contribution < -0.4 is 10.5 Å². The summed E-state index contributed by atoms with van der Waals surface area (Å²) in [5.41, 5.74) is 5.84. The van der Waals surface area contributed by atoms with E-state index in [0.717, 1.165) is 12.8 Å². The van der Waals surface area contributed by atoms with Gasteiger partial charge in [-0.2, -0.15) is 0 Å². The highest BCUT2D eigenvalue weighted by molar-refractivity contribution is 7.91. The van der Waals surface area contributed by atoms with Gasteiger partial charge < -0.3 is 10.5 Å². The lowest BCUT2D eigenvalue weighted by atomic mass is 9.97. The Balaban J connectivity index is 2.04. The first-order chi connectivity index (χ1) is 9.40. The van der Waals surface area contributed by atoms with Crippen LogP contribution in [-0.2, 0) is 16.4 Å². The molecule has 0 saturated heterocycles. The molecule has 1 aromatic rings. The maximum absolute atomic E-state index is 13.6. The van der Waals surface area contributed by atoms with Crippen LogP contribution in [0.2, 0.25) is 0 Å². The minimum atomic E-state index is -3.04. The van der Waals surface area contributed by atoms with Gasteiger partial charge in [-0.3, -0.25) is 0 Å². The van der Waals surface area contributed by atoms with Crippen molar-refractivity contribution < 1.29 is 17.5 Å². The van der Waals surface area contributed by atoms with Crippen LogP contribution in [0.1, 0.15) is 31.2 Å². The maximum atomic E-state index is 13.6. The molecule has 1 aliphatic carbocycles. The van der Waals surface area contributed by atoms with Crippen molar-refractivity contribution in [2.75, 3.05) is 6.26 Å². The lowest BCUT2D eigenvalue weighted by molar-refractivity contribution is 0.155. The fraction of sp³-hybridized carbons (Fsp3) is 0.571. The predicted octanol–water partition coefficient (Wildman–Crippen LogP) is 2.02. The molecule has 0 heterocycles. The van der Waals surface area contributed by atoms with E-state index in [1.165, 1.54) is 12.3 Å². The molecule has 2 N–H and O–H groups in total. The number of ether oxygens (including phenoxy) is 1. The largest absolute Gasteiger partial charge is 0.490 e. The van der Waals surface area contributed by atoms with E-state index >= 15 is 0 Å². The van der Waals surface area contributed by atoms with Gasteiger partial charge in [-0.25, -0.2) is 12.8 Å². The fourth-order valence-corrected chi connectivity index (χ4v) is 3.72. The molecule has 0 aromatic heterocycles. The third-order valence-corrected chi connectivity index (χ3v) is 5.37. The molecular weight excluding hydrogens is 281 g/mol. The summed E-state index contributed by atoms with van der Waals surface area (Å²) >= 11 is 0. The van der Waals surface area contributed by atoms with Crippen molar-refractivity contribution in [2.45, 2.75) is 43.6 Å². The van der Waals surface area contributed by atoms with Gasteiger partial charge in [0.1, 0.15) is 21.4 Å². The summed E-state index contributed by atoms with van der Waals surface area (Å²) in [4.78, 5) is 0. The van der Waals surface area contributed by atoms with Gasteiger partial charge >= 0.3 is 0 Å².